The summed E-state index contributed by atoms with van der Waals surface area (Å²) in [6, 6.07) is 15.7. The zero-order valence-electron chi connectivity index (χ0n) is 12.7. The van der Waals surface area contributed by atoms with E-state index in [0.29, 0.717) is 6.61 Å². The van der Waals surface area contributed by atoms with Crippen molar-refractivity contribution < 1.29 is 13.6 Å². The van der Waals surface area contributed by atoms with E-state index in [-0.39, 0.29) is 0 Å². The van der Waals surface area contributed by atoms with E-state index in [0.717, 1.165) is 45.2 Å². The third-order valence-corrected chi connectivity index (χ3v) is 4.24. The second-order valence-corrected chi connectivity index (χ2v) is 5.66. The monoisotopic (exact) mass is 315 g/mol. The Balaban J connectivity index is 1.82. The minimum atomic E-state index is 0.484. The summed E-state index contributed by atoms with van der Waals surface area (Å²) < 4.78 is 16.8. The molecule has 3 aromatic heterocycles. The summed E-state index contributed by atoms with van der Waals surface area (Å²) in [4.78, 5) is 4.86. The van der Waals surface area contributed by atoms with Crippen LogP contribution in [0.5, 0.6) is 5.75 Å². The Morgan fingerprint density at radius 2 is 1.88 bits per heavy atom. The molecule has 0 saturated heterocycles. The summed E-state index contributed by atoms with van der Waals surface area (Å²) in [6.45, 7) is 0.484. The molecule has 4 heteroatoms. The Morgan fingerprint density at radius 1 is 0.917 bits per heavy atom. The first-order valence-electron chi connectivity index (χ1n) is 7.73. The highest BCUT2D eigenvalue weighted by molar-refractivity contribution is 5.82. The minimum Gasteiger partial charge on any atom is -0.488 e. The maximum absolute atomic E-state index is 5.93. The van der Waals surface area contributed by atoms with Crippen LogP contribution in [0, 0.1) is 0 Å². The topological polar surface area (TPSA) is 48.4 Å². The van der Waals surface area contributed by atoms with Gasteiger partial charge in [0, 0.05) is 16.7 Å². The Morgan fingerprint density at radius 3 is 2.71 bits per heavy atom. The molecule has 4 aromatic rings. The molecule has 0 atom stereocenters. The van der Waals surface area contributed by atoms with Crippen LogP contribution in [0.2, 0.25) is 0 Å². The molecule has 5 rings (SSSR count). The molecule has 1 aromatic carbocycles. The maximum atomic E-state index is 5.93. The number of furan rings is 2. The fourth-order valence-corrected chi connectivity index (χ4v) is 3.10. The SMILES string of the molecule is c1coc(-c2cc(-c3ccoc3)c3c(n2)-c2ccccc2OC3)c1. The Hall–Kier alpha value is -3.27. The van der Waals surface area contributed by atoms with E-state index in [1.54, 1.807) is 18.8 Å². The van der Waals surface area contributed by atoms with Crippen molar-refractivity contribution in [2.75, 3.05) is 0 Å². The highest BCUT2D eigenvalue weighted by Gasteiger charge is 2.24. The summed E-state index contributed by atoms with van der Waals surface area (Å²) >= 11 is 0. The largest absolute Gasteiger partial charge is 0.488 e. The van der Waals surface area contributed by atoms with Crippen LogP contribution in [0.3, 0.4) is 0 Å². The van der Waals surface area contributed by atoms with E-state index in [1.165, 1.54) is 0 Å². The van der Waals surface area contributed by atoms with Gasteiger partial charge in [-0.3, -0.25) is 0 Å². The Kier molecular flexibility index (Phi) is 2.82. The molecule has 0 fully saturated rings. The van der Waals surface area contributed by atoms with Crippen molar-refractivity contribution in [3.05, 3.63) is 72.9 Å². The Labute approximate surface area is 138 Å². The second kappa shape index (κ2) is 5.13. The molecular formula is C20H13NO3. The van der Waals surface area contributed by atoms with Crippen LogP contribution in [0.4, 0.5) is 0 Å². The zero-order chi connectivity index (χ0) is 15.9. The van der Waals surface area contributed by atoms with Gasteiger partial charge in [0.1, 0.15) is 18.1 Å². The van der Waals surface area contributed by atoms with Gasteiger partial charge in [-0.15, -0.1) is 0 Å². The first kappa shape index (κ1) is 13.2. The number of aromatic nitrogens is 1. The van der Waals surface area contributed by atoms with Gasteiger partial charge in [0.25, 0.3) is 0 Å². The van der Waals surface area contributed by atoms with E-state index >= 15 is 0 Å². The minimum absolute atomic E-state index is 0.484. The van der Waals surface area contributed by atoms with Gasteiger partial charge in [-0.25, -0.2) is 4.98 Å². The van der Waals surface area contributed by atoms with Crippen molar-refractivity contribution in [1.29, 1.82) is 0 Å². The highest BCUT2D eigenvalue weighted by Crippen LogP contribution is 2.42. The lowest BCUT2D eigenvalue weighted by Crippen LogP contribution is -2.09. The van der Waals surface area contributed by atoms with Crippen molar-refractivity contribution >= 4 is 0 Å². The van der Waals surface area contributed by atoms with Crippen LogP contribution in [0.25, 0.3) is 33.8 Å². The predicted molar refractivity (Wildman–Crippen MR) is 89.4 cm³/mol. The van der Waals surface area contributed by atoms with Gasteiger partial charge in [-0.05, 0) is 42.0 Å². The fourth-order valence-electron chi connectivity index (χ4n) is 3.10. The number of fused-ring (bicyclic) bond motifs is 3. The van der Waals surface area contributed by atoms with Crippen molar-refractivity contribution in [2.24, 2.45) is 0 Å². The average molecular weight is 315 g/mol. The van der Waals surface area contributed by atoms with Gasteiger partial charge in [0.05, 0.1) is 24.5 Å². The van der Waals surface area contributed by atoms with E-state index in [2.05, 4.69) is 0 Å². The number of benzene rings is 1. The lowest BCUT2D eigenvalue weighted by atomic mass is 9.94. The van der Waals surface area contributed by atoms with Gasteiger partial charge in [0.2, 0.25) is 0 Å². The van der Waals surface area contributed by atoms with Gasteiger partial charge in [0.15, 0.2) is 5.76 Å². The quantitative estimate of drug-likeness (QED) is 0.512. The molecule has 0 N–H and O–H groups in total. The third kappa shape index (κ3) is 1.97. The second-order valence-electron chi connectivity index (χ2n) is 5.66. The molecule has 24 heavy (non-hydrogen) atoms. The van der Waals surface area contributed by atoms with Crippen LogP contribution < -0.4 is 4.74 Å². The van der Waals surface area contributed by atoms with Crippen molar-refractivity contribution in [2.45, 2.75) is 6.61 Å². The lowest BCUT2D eigenvalue weighted by molar-refractivity contribution is 0.302. The molecule has 0 spiro atoms. The third-order valence-electron chi connectivity index (χ3n) is 4.24. The molecule has 0 bridgehead atoms. The van der Waals surface area contributed by atoms with Gasteiger partial charge in [-0.1, -0.05) is 12.1 Å². The van der Waals surface area contributed by atoms with Gasteiger partial charge in [-0.2, -0.15) is 0 Å². The number of ether oxygens (including phenoxy) is 1. The molecular weight excluding hydrogens is 302 g/mol. The lowest BCUT2D eigenvalue weighted by Gasteiger charge is -2.22. The molecule has 116 valence electrons. The van der Waals surface area contributed by atoms with Crippen LogP contribution in [-0.2, 0) is 6.61 Å². The summed E-state index contributed by atoms with van der Waals surface area (Å²) in [5, 5.41) is 0. The summed E-state index contributed by atoms with van der Waals surface area (Å²) in [6.07, 6.45) is 5.07. The average Bonchev–Trinajstić information content (AvgIpc) is 3.34. The molecule has 1 aliphatic rings. The fraction of sp³-hybridized carbons (Fsp3) is 0.0500. The first-order chi connectivity index (χ1) is 11.9. The predicted octanol–water partition coefficient (Wildman–Crippen LogP) is 5.16. The standard InChI is InChI=1S/C20H13NO3/c1-2-5-18-14(4-1)20-16(12-24-18)15(13-7-9-22-11-13)10-17(21-20)19-6-3-8-23-19/h1-11H,12H2. The van der Waals surface area contributed by atoms with E-state index < -0.39 is 0 Å². The van der Waals surface area contributed by atoms with E-state index in [4.69, 9.17) is 18.6 Å². The van der Waals surface area contributed by atoms with E-state index in [1.807, 2.05) is 48.5 Å². The number of rotatable bonds is 2. The molecule has 4 nitrogen and oxygen atoms in total. The molecule has 0 aliphatic carbocycles. The number of pyridine rings is 1. The summed E-state index contributed by atoms with van der Waals surface area (Å²) in [5.41, 5.74) is 5.84. The van der Waals surface area contributed by atoms with Crippen LogP contribution in [-0.4, -0.2) is 4.98 Å². The molecule has 0 radical (unpaired) electrons. The number of nitrogens with zero attached hydrogens (tertiary/aromatic N) is 1. The summed E-state index contributed by atoms with van der Waals surface area (Å²) in [7, 11) is 0. The maximum Gasteiger partial charge on any atom is 0.152 e. The highest BCUT2D eigenvalue weighted by atomic mass is 16.5. The van der Waals surface area contributed by atoms with Crippen molar-refractivity contribution in [1.82, 2.24) is 4.98 Å². The number of hydrogen-bond acceptors (Lipinski definition) is 4. The molecule has 0 saturated carbocycles. The number of hydrogen-bond donors (Lipinski definition) is 0. The Bertz CT molecular complexity index is 1000. The van der Waals surface area contributed by atoms with Gasteiger partial charge >= 0.3 is 0 Å². The van der Waals surface area contributed by atoms with Crippen LogP contribution in [0.15, 0.2) is 76.2 Å². The molecule has 4 heterocycles. The zero-order valence-corrected chi connectivity index (χ0v) is 12.7. The van der Waals surface area contributed by atoms with E-state index in [9.17, 15) is 0 Å². The van der Waals surface area contributed by atoms with Crippen LogP contribution in [0.1, 0.15) is 5.56 Å². The smallest absolute Gasteiger partial charge is 0.152 e. The molecule has 0 unspecified atom stereocenters. The molecule has 0 amide bonds. The normalized spacial score (nSPS) is 12.3. The summed E-state index contributed by atoms with van der Waals surface area (Å²) in [5.74, 6) is 1.60. The van der Waals surface area contributed by atoms with Gasteiger partial charge < -0.3 is 13.6 Å². The number of para-hydroxylation sites is 1. The van der Waals surface area contributed by atoms with Crippen molar-refractivity contribution in [3.8, 4) is 39.6 Å². The molecule has 1 aliphatic heterocycles. The van der Waals surface area contributed by atoms with Crippen LogP contribution >= 0.6 is 0 Å². The first-order valence-corrected chi connectivity index (χ1v) is 7.73. The van der Waals surface area contributed by atoms with Crippen molar-refractivity contribution in [3.63, 3.8) is 0 Å².